The van der Waals surface area contributed by atoms with Crippen LogP contribution in [0.4, 0.5) is 11.4 Å². The SMILES string of the molecule is COc1ccc(CCNCCC(=O)Nc2ccc(N(C)C)cc2)cc1OC. The van der Waals surface area contributed by atoms with Crippen molar-refractivity contribution in [3.63, 3.8) is 0 Å². The summed E-state index contributed by atoms with van der Waals surface area (Å²) < 4.78 is 10.6. The van der Waals surface area contributed by atoms with Crippen molar-refractivity contribution in [1.29, 1.82) is 0 Å². The Labute approximate surface area is 161 Å². The lowest BCUT2D eigenvalue weighted by atomic mass is 10.1. The van der Waals surface area contributed by atoms with E-state index in [1.165, 1.54) is 0 Å². The second kappa shape index (κ2) is 10.4. The standard InChI is InChI=1S/C21H29N3O3/c1-24(2)18-8-6-17(7-9-18)23-21(25)12-14-22-13-11-16-5-10-19(26-3)20(15-16)27-4/h5-10,15,22H,11-14H2,1-4H3,(H,23,25). The molecular formula is C21H29N3O3. The molecule has 0 aliphatic rings. The van der Waals surface area contributed by atoms with Crippen LogP contribution < -0.4 is 25.0 Å². The van der Waals surface area contributed by atoms with Crippen molar-refractivity contribution in [3.8, 4) is 11.5 Å². The van der Waals surface area contributed by atoms with Crippen molar-refractivity contribution in [2.24, 2.45) is 0 Å². The van der Waals surface area contributed by atoms with E-state index in [1.807, 2.05) is 61.5 Å². The normalized spacial score (nSPS) is 10.4. The van der Waals surface area contributed by atoms with E-state index in [0.29, 0.717) is 13.0 Å². The molecule has 0 aliphatic heterocycles. The highest BCUT2D eigenvalue weighted by molar-refractivity contribution is 5.91. The molecule has 0 saturated heterocycles. The number of hydrogen-bond donors (Lipinski definition) is 2. The fourth-order valence-corrected chi connectivity index (χ4v) is 2.66. The Hall–Kier alpha value is -2.73. The number of carbonyl (C=O) groups excluding carboxylic acids is 1. The van der Waals surface area contributed by atoms with Gasteiger partial charge in [0, 0.05) is 38.4 Å². The average molecular weight is 371 g/mol. The molecule has 0 bridgehead atoms. The van der Waals surface area contributed by atoms with Crippen molar-refractivity contribution in [2.45, 2.75) is 12.8 Å². The average Bonchev–Trinajstić information content (AvgIpc) is 2.67. The molecule has 0 spiro atoms. The largest absolute Gasteiger partial charge is 0.493 e. The molecule has 0 aromatic heterocycles. The summed E-state index contributed by atoms with van der Waals surface area (Å²) in [4.78, 5) is 14.0. The lowest BCUT2D eigenvalue weighted by molar-refractivity contribution is -0.116. The lowest BCUT2D eigenvalue weighted by Gasteiger charge is -2.13. The van der Waals surface area contributed by atoms with Crippen LogP contribution in [0, 0.1) is 0 Å². The number of methoxy groups -OCH3 is 2. The highest BCUT2D eigenvalue weighted by Crippen LogP contribution is 2.27. The van der Waals surface area contributed by atoms with E-state index in [4.69, 9.17) is 9.47 Å². The van der Waals surface area contributed by atoms with Gasteiger partial charge in [-0.15, -0.1) is 0 Å². The van der Waals surface area contributed by atoms with Crippen molar-refractivity contribution < 1.29 is 14.3 Å². The van der Waals surface area contributed by atoms with Gasteiger partial charge in [-0.05, 0) is 54.9 Å². The minimum atomic E-state index is 0.00576. The van der Waals surface area contributed by atoms with Gasteiger partial charge in [0.1, 0.15) is 0 Å². The van der Waals surface area contributed by atoms with E-state index in [9.17, 15) is 4.79 Å². The molecule has 0 unspecified atom stereocenters. The minimum absolute atomic E-state index is 0.00576. The van der Waals surface area contributed by atoms with Crippen molar-refractivity contribution in [1.82, 2.24) is 5.32 Å². The van der Waals surface area contributed by atoms with Crippen molar-refractivity contribution in [2.75, 3.05) is 51.6 Å². The third-order valence-electron chi connectivity index (χ3n) is 4.23. The van der Waals surface area contributed by atoms with Crippen LogP contribution >= 0.6 is 0 Å². The second-order valence-corrected chi connectivity index (χ2v) is 6.43. The fourth-order valence-electron chi connectivity index (χ4n) is 2.66. The van der Waals surface area contributed by atoms with Gasteiger partial charge in [-0.25, -0.2) is 0 Å². The predicted molar refractivity (Wildman–Crippen MR) is 110 cm³/mol. The van der Waals surface area contributed by atoms with E-state index in [-0.39, 0.29) is 5.91 Å². The summed E-state index contributed by atoms with van der Waals surface area (Å²) >= 11 is 0. The molecule has 0 atom stereocenters. The van der Waals surface area contributed by atoms with Gasteiger partial charge in [-0.2, -0.15) is 0 Å². The van der Waals surface area contributed by atoms with Gasteiger partial charge in [-0.3, -0.25) is 4.79 Å². The summed E-state index contributed by atoms with van der Waals surface area (Å²) in [5.41, 5.74) is 3.08. The Kier molecular flexibility index (Phi) is 7.95. The summed E-state index contributed by atoms with van der Waals surface area (Å²) in [6.45, 7) is 1.43. The van der Waals surface area contributed by atoms with E-state index in [2.05, 4.69) is 10.6 Å². The lowest BCUT2D eigenvalue weighted by Crippen LogP contribution is -2.23. The molecule has 2 aromatic carbocycles. The maximum absolute atomic E-state index is 12.0. The second-order valence-electron chi connectivity index (χ2n) is 6.43. The van der Waals surface area contributed by atoms with Gasteiger partial charge in [0.2, 0.25) is 5.91 Å². The van der Waals surface area contributed by atoms with Crippen LogP contribution in [0.5, 0.6) is 11.5 Å². The molecule has 2 N–H and O–H groups in total. The molecule has 2 rings (SSSR count). The van der Waals surface area contributed by atoms with Crippen molar-refractivity contribution >= 4 is 17.3 Å². The van der Waals surface area contributed by atoms with Gasteiger partial charge in [0.05, 0.1) is 14.2 Å². The number of anilines is 2. The van der Waals surface area contributed by atoms with Gasteiger partial charge < -0.3 is 25.0 Å². The van der Waals surface area contributed by atoms with Crippen molar-refractivity contribution in [3.05, 3.63) is 48.0 Å². The third kappa shape index (κ3) is 6.49. The molecule has 0 radical (unpaired) electrons. The number of benzene rings is 2. The Bertz CT molecular complexity index is 730. The summed E-state index contributed by atoms with van der Waals surface area (Å²) in [5.74, 6) is 1.46. The van der Waals surface area contributed by atoms with Crippen LogP contribution in [-0.2, 0) is 11.2 Å². The van der Waals surface area contributed by atoms with Crippen LogP contribution in [0.2, 0.25) is 0 Å². The Morgan fingerprint density at radius 3 is 2.30 bits per heavy atom. The van der Waals surface area contributed by atoms with Crippen LogP contribution in [0.15, 0.2) is 42.5 Å². The Morgan fingerprint density at radius 2 is 1.67 bits per heavy atom. The maximum atomic E-state index is 12.0. The number of nitrogens with one attached hydrogen (secondary N) is 2. The monoisotopic (exact) mass is 371 g/mol. The van der Waals surface area contributed by atoms with Gasteiger partial charge in [0.15, 0.2) is 11.5 Å². The maximum Gasteiger partial charge on any atom is 0.225 e. The summed E-state index contributed by atoms with van der Waals surface area (Å²) in [7, 11) is 7.23. The van der Waals surface area contributed by atoms with E-state index in [0.717, 1.165) is 41.4 Å². The zero-order chi connectivity index (χ0) is 19.6. The molecule has 146 valence electrons. The quantitative estimate of drug-likeness (QED) is 0.629. The highest BCUT2D eigenvalue weighted by atomic mass is 16.5. The van der Waals surface area contributed by atoms with Gasteiger partial charge in [0.25, 0.3) is 0 Å². The fraction of sp³-hybridized carbons (Fsp3) is 0.381. The first-order valence-electron chi connectivity index (χ1n) is 9.02. The number of carbonyl (C=O) groups is 1. The number of hydrogen-bond acceptors (Lipinski definition) is 5. The van der Waals surface area contributed by atoms with Crippen LogP contribution in [0.25, 0.3) is 0 Å². The molecule has 2 aromatic rings. The molecule has 27 heavy (non-hydrogen) atoms. The first-order chi connectivity index (χ1) is 13.0. The number of amides is 1. The zero-order valence-corrected chi connectivity index (χ0v) is 16.5. The van der Waals surface area contributed by atoms with Gasteiger partial charge >= 0.3 is 0 Å². The first-order valence-corrected chi connectivity index (χ1v) is 9.02. The Morgan fingerprint density at radius 1 is 0.963 bits per heavy atom. The number of ether oxygens (including phenoxy) is 2. The van der Waals surface area contributed by atoms with Crippen LogP contribution in [-0.4, -0.2) is 47.3 Å². The first kappa shape index (κ1) is 20.6. The van der Waals surface area contributed by atoms with E-state index >= 15 is 0 Å². The predicted octanol–water partition coefficient (Wildman–Crippen LogP) is 2.93. The molecule has 0 aliphatic carbocycles. The zero-order valence-electron chi connectivity index (χ0n) is 16.5. The van der Waals surface area contributed by atoms with Crippen LogP contribution in [0.1, 0.15) is 12.0 Å². The number of nitrogens with zero attached hydrogens (tertiary/aromatic N) is 1. The highest BCUT2D eigenvalue weighted by Gasteiger charge is 2.05. The molecular weight excluding hydrogens is 342 g/mol. The van der Waals surface area contributed by atoms with E-state index in [1.54, 1.807) is 14.2 Å². The molecule has 0 heterocycles. The molecule has 6 heteroatoms. The number of rotatable bonds is 10. The molecule has 0 saturated carbocycles. The summed E-state index contributed by atoms with van der Waals surface area (Å²) in [5, 5.41) is 6.22. The molecule has 1 amide bonds. The van der Waals surface area contributed by atoms with E-state index < -0.39 is 0 Å². The summed E-state index contributed by atoms with van der Waals surface area (Å²) in [6.07, 6.45) is 1.29. The minimum Gasteiger partial charge on any atom is -0.493 e. The summed E-state index contributed by atoms with van der Waals surface area (Å²) in [6, 6.07) is 13.7. The smallest absolute Gasteiger partial charge is 0.225 e. The topological polar surface area (TPSA) is 62.8 Å². The molecule has 6 nitrogen and oxygen atoms in total. The van der Waals surface area contributed by atoms with Crippen LogP contribution in [0.3, 0.4) is 0 Å². The Balaban J connectivity index is 1.68. The third-order valence-corrected chi connectivity index (χ3v) is 4.23. The van der Waals surface area contributed by atoms with Gasteiger partial charge in [-0.1, -0.05) is 6.07 Å². The molecule has 0 fully saturated rings.